The Bertz CT molecular complexity index is 417. The van der Waals surface area contributed by atoms with E-state index in [0.717, 1.165) is 11.4 Å². The number of thiazole rings is 1. The van der Waals surface area contributed by atoms with Gasteiger partial charge in [-0.1, -0.05) is 19.9 Å². The summed E-state index contributed by atoms with van der Waals surface area (Å²) in [6, 6.07) is 6.62. The van der Waals surface area contributed by atoms with E-state index in [2.05, 4.69) is 37.0 Å². The third-order valence-electron chi connectivity index (χ3n) is 2.41. The van der Waals surface area contributed by atoms with E-state index in [-0.39, 0.29) is 0 Å². The van der Waals surface area contributed by atoms with Crippen molar-refractivity contribution in [3.05, 3.63) is 29.3 Å². The number of aromatic nitrogens is 1. The highest BCUT2D eigenvalue weighted by atomic mass is 32.1. The van der Waals surface area contributed by atoms with E-state index >= 15 is 0 Å². The van der Waals surface area contributed by atoms with Crippen LogP contribution in [0.3, 0.4) is 0 Å². The molecule has 1 nitrogen and oxygen atoms in total. The van der Waals surface area contributed by atoms with Crippen molar-refractivity contribution in [2.75, 3.05) is 0 Å². The molecule has 1 aromatic carbocycles. The molecule has 0 N–H and O–H groups in total. The van der Waals surface area contributed by atoms with Crippen molar-refractivity contribution >= 4 is 21.6 Å². The summed E-state index contributed by atoms with van der Waals surface area (Å²) in [5.74, 6) is 0.779. The second kappa shape index (κ2) is 4.09. The van der Waals surface area contributed by atoms with Gasteiger partial charge in [-0.2, -0.15) is 0 Å². The van der Waals surface area contributed by atoms with Crippen molar-refractivity contribution in [1.82, 2.24) is 4.98 Å². The fourth-order valence-electron chi connectivity index (χ4n) is 1.51. The molecule has 2 rings (SSSR count). The van der Waals surface area contributed by atoms with E-state index < -0.39 is 0 Å². The Hall–Kier alpha value is -0.890. The summed E-state index contributed by atoms with van der Waals surface area (Å²) in [7, 11) is 0. The minimum Gasteiger partial charge on any atom is -0.245 e. The zero-order chi connectivity index (χ0) is 9.97. The minimum absolute atomic E-state index is 0.779. The molecule has 0 atom stereocenters. The van der Waals surface area contributed by atoms with E-state index in [1.165, 1.54) is 23.1 Å². The number of rotatable bonds is 3. The molecule has 1 heterocycles. The lowest BCUT2D eigenvalue weighted by Crippen LogP contribution is -1.91. The number of nitrogens with zero attached hydrogens (tertiary/aromatic N) is 1. The van der Waals surface area contributed by atoms with Gasteiger partial charge in [-0.25, -0.2) is 4.98 Å². The molecule has 0 spiro atoms. The zero-order valence-electron chi connectivity index (χ0n) is 8.66. The van der Waals surface area contributed by atoms with Crippen molar-refractivity contribution in [2.24, 2.45) is 5.92 Å². The first-order valence-electron chi connectivity index (χ1n) is 5.08. The smallest absolute Gasteiger partial charge is 0.0814 e. The highest BCUT2D eigenvalue weighted by Gasteiger charge is 2.00. The minimum atomic E-state index is 0.779. The normalized spacial score (nSPS) is 11.4. The van der Waals surface area contributed by atoms with E-state index in [1.54, 1.807) is 11.3 Å². The molecule has 0 fully saturated rings. The Kier molecular flexibility index (Phi) is 2.82. The average molecular weight is 205 g/mol. The van der Waals surface area contributed by atoms with Gasteiger partial charge in [0.15, 0.2) is 0 Å². The molecule has 0 radical (unpaired) electrons. The quantitative estimate of drug-likeness (QED) is 0.741. The SMILES string of the molecule is CC(C)CCc1ccc2scnc2c1. The van der Waals surface area contributed by atoms with Gasteiger partial charge >= 0.3 is 0 Å². The van der Waals surface area contributed by atoms with Crippen molar-refractivity contribution in [3.63, 3.8) is 0 Å². The molecule has 0 saturated heterocycles. The van der Waals surface area contributed by atoms with Gasteiger partial charge in [0.2, 0.25) is 0 Å². The Morgan fingerprint density at radius 3 is 3.00 bits per heavy atom. The van der Waals surface area contributed by atoms with Crippen LogP contribution in [0, 0.1) is 5.92 Å². The lowest BCUT2D eigenvalue weighted by molar-refractivity contribution is 0.587. The Morgan fingerprint density at radius 1 is 1.36 bits per heavy atom. The summed E-state index contributed by atoms with van der Waals surface area (Å²) in [6.07, 6.45) is 2.43. The molecule has 0 aliphatic heterocycles. The maximum atomic E-state index is 4.32. The zero-order valence-corrected chi connectivity index (χ0v) is 9.47. The van der Waals surface area contributed by atoms with Gasteiger partial charge in [0, 0.05) is 0 Å². The monoisotopic (exact) mass is 205 g/mol. The van der Waals surface area contributed by atoms with E-state index in [9.17, 15) is 0 Å². The maximum absolute atomic E-state index is 4.32. The van der Waals surface area contributed by atoms with Crippen LogP contribution in [-0.2, 0) is 6.42 Å². The predicted molar refractivity (Wildman–Crippen MR) is 62.8 cm³/mol. The highest BCUT2D eigenvalue weighted by molar-refractivity contribution is 7.16. The molecule has 1 aromatic heterocycles. The van der Waals surface area contributed by atoms with Gasteiger partial charge in [-0.3, -0.25) is 0 Å². The van der Waals surface area contributed by atoms with E-state index in [1.807, 2.05) is 5.51 Å². The number of hydrogen-bond donors (Lipinski definition) is 0. The predicted octanol–water partition coefficient (Wildman–Crippen LogP) is 3.88. The first-order chi connectivity index (χ1) is 6.75. The highest BCUT2D eigenvalue weighted by Crippen LogP contribution is 2.20. The second-order valence-corrected chi connectivity index (χ2v) is 4.97. The molecule has 2 heteroatoms. The van der Waals surface area contributed by atoms with Crippen LogP contribution in [0.15, 0.2) is 23.7 Å². The summed E-state index contributed by atoms with van der Waals surface area (Å²) in [5, 5.41) is 0. The standard InChI is InChI=1S/C12H15NS/c1-9(2)3-4-10-5-6-12-11(7-10)13-8-14-12/h5-9H,3-4H2,1-2H3. The van der Waals surface area contributed by atoms with Crippen LogP contribution in [0.25, 0.3) is 10.2 Å². The average Bonchev–Trinajstić information content (AvgIpc) is 2.61. The molecular weight excluding hydrogens is 190 g/mol. The van der Waals surface area contributed by atoms with Crippen LogP contribution in [-0.4, -0.2) is 4.98 Å². The van der Waals surface area contributed by atoms with Crippen molar-refractivity contribution < 1.29 is 0 Å². The molecule has 14 heavy (non-hydrogen) atoms. The third-order valence-corrected chi connectivity index (χ3v) is 3.22. The summed E-state index contributed by atoms with van der Waals surface area (Å²) in [6.45, 7) is 4.53. The third kappa shape index (κ3) is 2.13. The fraction of sp³-hybridized carbons (Fsp3) is 0.417. The molecule has 74 valence electrons. The number of benzene rings is 1. The van der Waals surface area contributed by atoms with Gasteiger partial charge in [0.25, 0.3) is 0 Å². The molecule has 0 aliphatic carbocycles. The lowest BCUT2D eigenvalue weighted by atomic mass is 10.0. The van der Waals surface area contributed by atoms with Crippen LogP contribution < -0.4 is 0 Å². The van der Waals surface area contributed by atoms with Crippen LogP contribution in [0.1, 0.15) is 25.8 Å². The van der Waals surface area contributed by atoms with Gasteiger partial charge < -0.3 is 0 Å². The fourth-order valence-corrected chi connectivity index (χ4v) is 2.17. The van der Waals surface area contributed by atoms with Crippen molar-refractivity contribution in [2.45, 2.75) is 26.7 Å². The van der Waals surface area contributed by atoms with Gasteiger partial charge in [-0.15, -0.1) is 11.3 Å². The Balaban J connectivity index is 2.17. The van der Waals surface area contributed by atoms with Gasteiger partial charge in [0.1, 0.15) is 0 Å². The molecule has 2 aromatic rings. The van der Waals surface area contributed by atoms with E-state index in [4.69, 9.17) is 0 Å². The molecule has 0 amide bonds. The molecular formula is C12H15NS. The van der Waals surface area contributed by atoms with Crippen molar-refractivity contribution in [3.8, 4) is 0 Å². The topological polar surface area (TPSA) is 12.9 Å². The van der Waals surface area contributed by atoms with Crippen LogP contribution >= 0.6 is 11.3 Å². The van der Waals surface area contributed by atoms with E-state index in [0.29, 0.717) is 0 Å². The summed E-state index contributed by atoms with van der Waals surface area (Å²) < 4.78 is 1.29. The van der Waals surface area contributed by atoms with Crippen LogP contribution in [0.4, 0.5) is 0 Å². The molecule has 0 aliphatic rings. The molecule has 0 saturated carbocycles. The lowest BCUT2D eigenvalue weighted by Gasteiger charge is -2.04. The first kappa shape index (κ1) is 9.66. The molecule has 0 unspecified atom stereocenters. The Morgan fingerprint density at radius 2 is 2.21 bits per heavy atom. The van der Waals surface area contributed by atoms with Gasteiger partial charge in [-0.05, 0) is 36.5 Å². The van der Waals surface area contributed by atoms with Crippen LogP contribution in [0.2, 0.25) is 0 Å². The van der Waals surface area contributed by atoms with Gasteiger partial charge in [0.05, 0.1) is 15.7 Å². The van der Waals surface area contributed by atoms with Crippen molar-refractivity contribution in [1.29, 1.82) is 0 Å². The second-order valence-electron chi connectivity index (χ2n) is 4.09. The van der Waals surface area contributed by atoms with Crippen LogP contribution in [0.5, 0.6) is 0 Å². The number of fused-ring (bicyclic) bond motifs is 1. The summed E-state index contributed by atoms with van der Waals surface area (Å²) in [5.41, 5.74) is 4.48. The largest absolute Gasteiger partial charge is 0.245 e. The summed E-state index contributed by atoms with van der Waals surface area (Å²) >= 11 is 1.71. The number of hydrogen-bond acceptors (Lipinski definition) is 2. The maximum Gasteiger partial charge on any atom is 0.0814 e. The molecule has 0 bridgehead atoms. The Labute approximate surface area is 88.8 Å². The first-order valence-corrected chi connectivity index (χ1v) is 5.96. The summed E-state index contributed by atoms with van der Waals surface area (Å²) in [4.78, 5) is 4.32. The number of aryl methyl sites for hydroxylation is 1.